The molecular formula is C18H31NO. The lowest BCUT2D eigenvalue weighted by molar-refractivity contribution is 0.0477. The van der Waals surface area contributed by atoms with Crippen LogP contribution in [0.15, 0.2) is 24.3 Å². The molecule has 0 spiro atoms. The summed E-state index contributed by atoms with van der Waals surface area (Å²) in [6.07, 6.45) is 2.97. The van der Waals surface area contributed by atoms with Crippen molar-refractivity contribution in [2.75, 3.05) is 6.54 Å². The van der Waals surface area contributed by atoms with Crippen LogP contribution in [-0.2, 0) is 6.42 Å². The zero-order valence-corrected chi connectivity index (χ0v) is 13.7. The SMILES string of the molecule is CCCC(C)(O)CNC(C)c1ccc(CC(C)C)cc1. The fraction of sp³-hybridized carbons (Fsp3) is 0.667. The molecule has 0 saturated heterocycles. The van der Waals surface area contributed by atoms with Crippen LogP contribution in [0.2, 0.25) is 0 Å². The molecule has 20 heavy (non-hydrogen) atoms. The summed E-state index contributed by atoms with van der Waals surface area (Å²) in [5.74, 6) is 0.695. The van der Waals surface area contributed by atoms with E-state index in [1.54, 1.807) is 0 Å². The monoisotopic (exact) mass is 277 g/mol. The first kappa shape index (κ1) is 17.2. The normalized spacial score (nSPS) is 16.1. The molecular weight excluding hydrogens is 246 g/mol. The van der Waals surface area contributed by atoms with Crippen LogP contribution in [-0.4, -0.2) is 17.3 Å². The molecule has 1 aromatic carbocycles. The van der Waals surface area contributed by atoms with Gasteiger partial charge in [0.1, 0.15) is 0 Å². The Kier molecular flexibility index (Phi) is 6.70. The molecule has 2 N–H and O–H groups in total. The molecule has 1 aromatic rings. The first-order valence-electron chi connectivity index (χ1n) is 7.88. The van der Waals surface area contributed by atoms with E-state index in [4.69, 9.17) is 0 Å². The topological polar surface area (TPSA) is 32.3 Å². The highest BCUT2D eigenvalue weighted by Crippen LogP contribution is 2.17. The van der Waals surface area contributed by atoms with Gasteiger partial charge in [-0.25, -0.2) is 0 Å². The number of hydrogen-bond acceptors (Lipinski definition) is 2. The number of rotatable bonds is 8. The summed E-state index contributed by atoms with van der Waals surface area (Å²) in [5.41, 5.74) is 2.07. The highest BCUT2D eigenvalue weighted by atomic mass is 16.3. The molecule has 2 atom stereocenters. The second kappa shape index (κ2) is 7.80. The van der Waals surface area contributed by atoms with E-state index >= 15 is 0 Å². The molecule has 0 aliphatic rings. The first-order valence-corrected chi connectivity index (χ1v) is 7.88. The third-order valence-corrected chi connectivity index (χ3v) is 3.70. The fourth-order valence-electron chi connectivity index (χ4n) is 2.53. The van der Waals surface area contributed by atoms with E-state index in [9.17, 15) is 5.11 Å². The molecule has 0 bridgehead atoms. The van der Waals surface area contributed by atoms with Crippen LogP contribution in [0.25, 0.3) is 0 Å². The molecule has 1 rings (SSSR count). The lowest BCUT2D eigenvalue weighted by Gasteiger charge is -2.26. The van der Waals surface area contributed by atoms with Crippen molar-refractivity contribution in [3.63, 3.8) is 0 Å². The van der Waals surface area contributed by atoms with Gasteiger partial charge in [0.05, 0.1) is 5.60 Å². The van der Waals surface area contributed by atoms with Crippen LogP contribution in [0.3, 0.4) is 0 Å². The van der Waals surface area contributed by atoms with Crippen molar-refractivity contribution >= 4 is 0 Å². The molecule has 0 fully saturated rings. The van der Waals surface area contributed by atoms with Crippen molar-refractivity contribution in [3.8, 4) is 0 Å². The molecule has 0 aliphatic heterocycles. The third-order valence-electron chi connectivity index (χ3n) is 3.70. The van der Waals surface area contributed by atoms with Gasteiger partial charge in [-0.2, -0.15) is 0 Å². The molecule has 0 radical (unpaired) electrons. The van der Waals surface area contributed by atoms with Gasteiger partial charge in [0.15, 0.2) is 0 Å². The van der Waals surface area contributed by atoms with E-state index in [1.807, 2.05) is 6.92 Å². The predicted octanol–water partition coefficient (Wildman–Crippen LogP) is 4.09. The van der Waals surface area contributed by atoms with Crippen LogP contribution in [0.1, 0.15) is 64.6 Å². The molecule has 0 aromatic heterocycles. The summed E-state index contributed by atoms with van der Waals surface area (Å²) in [4.78, 5) is 0. The Labute approximate surface area is 124 Å². The molecule has 2 nitrogen and oxygen atoms in total. The highest BCUT2D eigenvalue weighted by Gasteiger charge is 2.19. The minimum atomic E-state index is -0.611. The Morgan fingerprint density at radius 1 is 1.15 bits per heavy atom. The van der Waals surface area contributed by atoms with E-state index in [1.165, 1.54) is 11.1 Å². The number of aliphatic hydroxyl groups is 1. The lowest BCUT2D eigenvalue weighted by Crippen LogP contribution is -2.38. The quantitative estimate of drug-likeness (QED) is 0.750. The standard InChI is InChI=1S/C18H31NO/c1-6-11-18(5,20)13-19-15(4)17-9-7-16(8-10-17)12-14(2)3/h7-10,14-15,19-20H,6,11-13H2,1-5H3. The van der Waals surface area contributed by atoms with E-state index < -0.39 is 5.60 Å². The molecule has 0 amide bonds. The summed E-state index contributed by atoms with van der Waals surface area (Å²) in [6.45, 7) is 11.3. The average Bonchev–Trinajstić information content (AvgIpc) is 2.36. The Morgan fingerprint density at radius 2 is 1.75 bits per heavy atom. The first-order chi connectivity index (χ1) is 9.34. The van der Waals surface area contributed by atoms with E-state index in [0.29, 0.717) is 12.5 Å². The minimum Gasteiger partial charge on any atom is -0.389 e. The van der Waals surface area contributed by atoms with Crippen molar-refractivity contribution in [1.82, 2.24) is 5.32 Å². The van der Waals surface area contributed by atoms with Gasteiger partial charge in [-0.15, -0.1) is 0 Å². The van der Waals surface area contributed by atoms with Gasteiger partial charge in [0.2, 0.25) is 0 Å². The van der Waals surface area contributed by atoms with Gasteiger partial charge in [-0.05, 0) is 43.7 Å². The highest BCUT2D eigenvalue weighted by molar-refractivity contribution is 5.25. The van der Waals surface area contributed by atoms with Crippen LogP contribution in [0.4, 0.5) is 0 Å². The molecule has 0 aliphatic carbocycles. The fourth-order valence-corrected chi connectivity index (χ4v) is 2.53. The van der Waals surface area contributed by atoms with Gasteiger partial charge < -0.3 is 10.4 Å². The van der Waals surface area contributed by atoms with Crippen molar-refractivity contribution in [3.05, 3.63) is 35.4 Å². The Bertz CT molecular complexity index is 381. The zero-order chi connectivity index (χ0) is 15.2. The molecule has 2 heteroatoms. The van der Waals surface area contributed by atoms with Crippen molar-refractivity contribution in [2.45, 2.75) is 65.5 Å². The van der Waals surface area contributed by atoms with E-state index in [0.717, 1.165) is 19.3 Å². The van der Waals surface area contributed by atoms with Gasteiger partial charge >= 0.3 is 0 Å². The molecule has 0 heterocycles. The van der Waals surface area contributed by atoms with Crippen molar-refractivity contribution in [1.29, 1.82) is 0 Å². The van der Waals surface area contributed by atoms with E-state index in [-0.39, 0.29) is 6.04 Å². The van der Waals surface area contributed by atoms with Crippen LogP contribution >= 0.6 is 0 Å². The predicted molar refractivity (Wildman–Crippen MR) is 86.9 cm³/mol. The molecule has 2 unspecified atom stereocenters. The van der Waals surface area contributed by atoms with Crippen LogP contribution < -0.4 is 5.32 Å². The number of benzene rings is 1. The summed E-state index contributed by atoms with van der Waals surface area (Å²) in [5, 5.41) is 13.6. The minimum absolute atomic E-state index is 0.270. The number of hydrogen-bond donors (Lipinski definition) is 2. The summed E-state index contributed by atoms with van der Waals surface area (Å²) in [6, 6.07) is 9.11. The van der Waals surface area contributed by atoms with Gasteiger partial charge in [0, 0.05) is 12.6 Å². The zero-order valence-electron chi connectivity index (χ0n) is 13.7. The largest absolute Gasteiger partial charge is 0.389 e. The van der Waals surface area contributed by atoms with Crippen molar-refractivity contribution in [2.24, 2.45) is 5.92 Å². The van der Waals surface area contributed by atoms with Gasteiger partial charge in [-0.1, -0.05) is 51.5 Å². The van der Waals surface area contributed by atoms with Gasteiger partial charge in [-0.3, -0.25) is 0 Å². The average molecular weight is 277 g/mol. The Balaban J connectivity index is 2.53. The maximum atomic E-state index is 10.2. The number of nitrogens with one attached hydrogen (secondary N) is 1. The van der Waals surface area contributed by atoms with Crippen LogP contribution in [0.5, 0.6) is 0 Å². The van der Waals surface area contributed by atoms with Gasteiger partial charge in [0.25, 0.3) is 0 Å². The van der Waals surface area contributed by atoms with Crippen LogP contribution in [0, 0.1) is 5.92 Å². The summed E-state index contributed by atoms with van der Waals surface area (Å²) < 4.78 is 0. The van der Waals surface area contributed by atoms with Crippen molar-refractivity contribution < 1.29 is 5.11 Å². The smallest absolute Gasteiger partial charge is 0.0743 e. The second-order valence-electron chi connectivity index (χ2n) is 6.69. The Morgan fingerprint density at radius 3 is 2.25 bits per heavy atom. The second-order valence-corrected chi connectivity index (χ2v) is 6.69. The molecule has 0 saturated carbocycles. The third kappa shape index (κ3) is 6.06. The summed E-state index contributed by atoms with van der Waals surface area (Å²) >= 11 is 0. The maximum absolute atomic E-state index is 10.2. The lowest BCUT2D eigenvalue weighted by atomic mass is 9.98. The van der Waals surface area contributed by atoms with E-state index in [2.05, 4.69) is 57.3 Å². The summed E-state index contributed by atoms with van der Waals surface area (Å²) in [7, 11) is 0. The molecule has 114 valence electrons. The maximum Gasteiger partial charge on any atom is 0.0743 e. The Hall–Kier alpha value is -0.860.